The molecule has 0 aromatic carbocycles. The topological polar surface area (TPSA) is 58.4 Å². The van der Waals surface area contributed by atoms with Gasteiger partial charge >= 0.3 is 0 Å². The third-order valence-corrected chi connectivity index (χ3v) is 4.80. The lowest BCUT2D eigenvalue weighted by molar-refractivity contribution is -0.124. The molecule has 0 saturated carbocycles. The van der Waals surface area contributed by atoms with Gasteiger partial charge in [0, 0.05) is 12.6 Å². The van der Waals surface area contributed by atoms with Crippen LogP contribution >= 0.6 is 0 Å². The molecule has 1 aliphatic rings. The lowest BCUT2D eigenvalue weighted by Crippen LogP contribution is -2.55. The number of hydrogen-bond donors (Lipinski definition) is 2. The standard InChI is InChI=1S/C17H35N3O/c1-13(2)19-17(6,15(18)21)9-7-10-20-11-8-14(12-20)16(3,4)5/h13-14,19H,7-12H2,1-6H3,(H2,18,21). The summed E-state index contributed by atoms with van der Waals surface area (Å²) in [4.78, 5) is 14.2. The van der Waals surface area contributed by atoms with E-state index in [4.69, 9.17) is 5.73 Å². The highest BCUT2D eigenvalue weighted by Gasteiger charge is 2.33. The van der Waals surface area contributed by atoms with Crippen LogP contribution in [0.2, 0.25) is 0 Å². The van der Waals surface area contributed by atoms with Crippen LogP contribution in [-0.2, 0) is 4.79 Å². The predicted molar refractivity (Wildman–Crippen MR) is 89.1 cm³/mol. The molecule has 1 heterocycles. The number of amides is 1. The molecule has 1 saturated heterocycles. The molecular weight excluding hydrogens is 262 g/mol. The lowest BCUT2D eigenvalue weighted by atomic mass is 9.80. The van der Waals surface area contributed by atoms with E-state index in [0.717, 1.165) is 25.3 Å². The highest BCUT2D eigenvalue weighted by molar-refractivity contribution is 5.84. The predicted octanol–water partition coefficient (Wildman–Crippen LogP) is 2.38. The molecule has 1 rings (SSSR count). The summed E-state index contributed by atoms with van der Waals surface area (Å²) in [5.74, 6) is 0.541. The van der Waals surface area contributed by atoms with E-state index in [2.05, 4.69) is 44.8 Å². The van der Waals surface area contributed by atoms with Crippen molar-refractivity contribution >= 4 is 5.91 Å². The highest BCUT2D eigenvalue weighted by atomic mass is 16.1. The van der Waals surface area contributed by atoms with Gasteiger partial charge in [-0.15, -0.1) is 0 Å². The Morgan fingerprint density at radius 3 is 2.38 bits per heavy atom. The molecule has 0 radical (unpaired) electrons. The van der Waals surface area contributed by atoms with E-state index in [1.54, 1.807) is 0 Å². The second kappa shape index (κ2) is 7.10. The number of nitrogens with one attached hydrogen (secondary N) is 1. The molecule has 1 fully saturated rings. The van der Waals surface area contributed by atoms with Crippen molar-refractivity contribution in [2.24, 2.45) is 17.1 Å². The van der Waals surface area contributed by atoms with Gasteiger partial charge in [-0.05, 0) is 64.5 Å². The van der Waals surface area contributed by atoms with Crippen molar-refractivity contribution in [3.8, 4) is 0 Å². The van der Waals surface area contributed by atoms with Crippen LogP contribution in [0.1, 0.15) is 60.8 Å². The van der Waals surface area contributed by atoms with Crippen molar-refractivity contribution in [2.75, 3.05) is 19.6 Å². The first-order valence-corrected chi connectivity index (χ1v) is 8.34. The number of rotatable bonds is 7. The van der Waals surface area contributed by atoms with Crippen molar-refractivity contribution in [1.82, 2.24) is 10.2 Å². The minimum Gasteiger partial charge on any atom is -0.368 e. The zero-order valence-corrected chi connectivity index (χ0v) is 14.8. The SMILES string of the molecule is CC(C)NC(C)(CCCN1CCC(C(C)(C)C)C1)C(N)=O. The van der Waals surface area contributed by atoms with Crippen molar-refractivity contribution in [3.63, 3.8) is 0 Å². The number of nitrogens with zero attached hydrogens (tertiary/aromatic N) is 1. The molecule has 0 aromatic rings. The maximum atomic E-state index is 11.7. The molecule has 21 heavy (non-hydrogen) atoms. The number of carbonyl (C=O) groups excluding carboxylic acids is 1. The Bertz CT molecular complexity index is 348. The fourth-order valence-corrected chi connectivity index (χ4v) is 3.30. The number of primary amides is 1. The summed E-state index contributed by atoms with van der Waals surface area (Å²) in [6.07, 6.45) is 3.11. The molecule has 1 amide bonds. The fraction of sp³-hybridized carbons (Fsp3) is 0.941. The molecule has 1 aliphatic heterocycles. The number of carbonyl (C=O) groups is 1. The lowest BCUT2D eigenvalue weighted by Gasteiger charge is -2.31. The first-order chi connectivity index (χ1) is 9.54. The Morgan fingerprint density at radius 2 is 1.95 bits per heavy atom. The van der Waals surface area contributed by atoms with E-state index in [-0.39, 0.29) is 11.9 Å². The molecular formula is C17H35N3O. The van der Waals surface area contributed by atoms with Gasteiger partial charge in [0.2, 0.25) is 5.91 Å². The van der Waals surface area contributed by atoms with E-state index >= 15 is 0 Å². The van der Waals surface area contributed by atoms with Crippen molar-refractivity contribution in [1.29, 1.82) is 0 Å². The maximum absolute atomic E-state index is 11.7. The monoisotopic (exact) mass is 297 g/mol. The van der Waals surface area contributed by atoms with Gasteiger partial charge in [0.15, 0.2) is 0 Å². The summed E-state index contributed by atoms with van der Waals surface area (Å²) in [5.41, 5.74) is 5.39. The average Bonchev–Trinajstić information content (AvgIpc) is 2.76. The van der Waals surface area contributed by atoms with Gasteiger partial charge in [-0.3, -0.25) is 4.79 Å². The van der Waals surface area contributed by atoms with Crippen LogP contribution in [0.4, 0.5) is 0 Å². The van der Waals surface area contributed by atoms with Gasteiger partial charge in [-0.25, -0.2) is 0 Å². The van der Waals surface area contributed by atoms with Gasteiger partial charge in [0.1, 0.15) is 0 Å². The molecule has 0 aromatic heterocycles. The van der Waals surface area contributed by atoms with Crippen LogP contribution in [0.3, 0.4) is 0 Å². The van der Waals surface area contributed by atoms with Crippen LogP contribution in [0, 0.1) is 11.3 Å². The van der Waals surface area contributed by atoms with Gasteiger partial charge in [-0.1, -0.05) is 20.8 Å². The highest BCUT2D eigenvalue weighted by Crippen LogP contribution is 2.33. The van der Waals surface area contributed by atoms with Crippen LogP contribution in [0.5, 0.6) is 0 Å². The van der Waals surface area contributed by atoms with E-state index < -0.39 is 5.54 Å². The molecule has 124 valence electrons. The van der Waals surface area contributed by atoms with Gasteiger partial charge in [-0.2, -0.15) is 0 Å². The Balaban J connectivity index is 2.41. The fourth-order valence-electron chi connectivity index (χ4n) is 3.30. The van der Waals surface area contributed by atoms with E-state index in [9.17, 15) is 4.79 Å². The van der Waals surface area contributed by atoms with Crippen LogP contribution in [0.25, 0.3) is 0 Å². The molecule has 2 atom stereocenters. The summed E-state index contributed by atoms with van der Waals surface area (Å²) >= 11 is 0. The summed E-state index contributed by atoms with van der Waals surface area (Å²) in [7, 11) is 0. The van der Waals surface area contributed by atoms with E-state index in [1.807, 2.05) is 6.92 Å². The normalized spacial score (nSPS) is 23.5. The molecule has 2 unspecified atom stereocenters. The minimum absolute atomic E-state index is 0.245. The van der Waals surface area contributed by atoms with Crippen LogP contribution in [0.15, 0.2) is 0 Å². The van der Waals surface area contributed by atoms with Crippen molar-refractivity contribution in [2.45, 2.75) is 72.4 Å². The third-order valence-electron chi connectivity index (χ3n) is 4.80. The van der Waals surface area contributed by atoms with Crippen molar-refractivity contribution < 1.29 is 4.79 Å². The Kier molecular flexibility index (Phi) is 6.23. The molecule has 0 bridgehead atoms. The third kappa shape index (κ3) is 5.59. The number of likely N-dealkylation sites (tertiary alicyclic amines) is 1. The van der Waals surface area contributed by atoms with Gasteiger partial charge in [0.05, 0.1) is 5.54 Å². The summed E-state index contributed by atoms with van der Waals surface area (Å²) < 4.78 is 0. The van der Waals surface area contributed by atoms with E-state index in [0.29, 0.717) is 5.41 Å². The molecule has 4 nitrogen and oxygen atoms in total. The zero-order valence-electron chi connectivity index (χ0n) is 14.8. The summed E-state index contributed by atoms with van der Waals surface area (Å²) in [6, 6.07) is 0.263. The van der Waals surface area contributed by atoms with Gasteiger partial charge < -0.3 is 16.0 Å². The van der Waals surface area contributed by atoms with Crippen molar-refractivity contribution in [3.05, 3.63) is 0 Å². The first kappa shape index (κ1) is 18.4. The quantitative estimate of drug-likeness (QED) is 0.758. The number of nitrogens with two attached hydrogens (primary N) is 1. The Labute approximate surface area is 130 Å². The van der Waals surface area contributed by atoms with Crippen LogP contribution < -0.4 is 11.1 Å². The largest absolute Gasteiger partial charge is 0.368 e. The Hall–Kier alpha value is -0.610. The Morgan fingerprint density at radius 1 is 1.33 bits per heavy atom. The first-order valence-electron chi connectivity index (χ1n) is 8.34. The molecule has 0 aliphatic carbocycles. The molecule has 3 N–H and O–H groups in total. The molecule has 0 spiro atoms. The average molecular weight is 297 g/mol. The zero-order chi connectivity index (χ0) is 16.3. The van der Waals surface area contributed by atoms with E-state index in [1.165, 1.54) is 19.5 Å². The maximum Gasteiger partial charge on any atom is 0.237 e. The smallest absolute Gasteiger partial charge is 0.237 e. The summed E-state index contributed by atoms with van der Waals surface area (Å²) in [5, 5.41) is 3.32. The minimum atomic E-state index is -0.586. The number of hydrogen-bond acceptors (Lipinski definition) is 3. The summed E-state index contributed by atoms with van der Waals surface area (Å²) in [6.45, 7) is 16.5. The second-order valence-electron chi connectivity index (χ2n) is 8.25. The van der Waals surface area contributed by atoms with Gasteiger partial charge in [0.25, 0.3) is 0 Å². The second-order valence-corrected chi connectivity index (χ2v) is 8.25. The molecule has 4 heteroatoms. The van der Waals surface area contributed by atoms with Crippen LogP contribution in [-0.4, -0.2) is 42.0 Å².